The molecule has 0 radical (unpaired) electrons. The van der Waals surface area contributed by atoms with E-state index in [2.05, 4.69) is 15.4 Å². The molecule has 2 rings (SSSR count). The number of sulfonamides is 1. The molecule has 1 atom stereocenters. The molecule has 0 saturated carbocycles. The summed E-state index contributed by atoms with van der Waals surface area (Å²) in [5.74, 6) is -1.27. The van der Waals surface area contributed by atoms with E-state index in [0.29, 0.717) is 0 Å². The molecule has 0 spiro atoms. The normalized spacial score (nSPS) is 12.4. The fraction of sp³-hybridized carbons (Fsp3) is 0.300. The van der Waals surface area contributed by atoms with Crippen LogP contribution >= 0.6 is 0 Å². The first-order valence-corrected chi connectivity index (χ1v) is 10.5. The van der Waals surface area contributed by atoms with Crippen LogP contribution in [0.3, 0.4) is 0 Å². The Hall–Kier alpha value is -2.78. The number of amides is 2. The number of nitrogens with one attached hydrogen (secondary N) is 3. The highest BCUT2D eigenvalue weighted by Gasteiger charge is 2.16. The summed E-state index contributed by atoms with van der Waals surface area (Å²) in [4.78, 5) is 24.3. The summed E-state index contributed by atoms with van der Waals surface area (Å²) in [5, 5.41) is 5.18. The van der Waals surface area contributed by atoms with Crippen molar-refractivity contribution >= 4 is 21.8 Å². The Balaban J connectivity index is 1.90. The van der Waals surface area contributed by atoms with Gasteiger partial charge in [-0.2, -0.15) is 0 Å². The molecule has 0 bridgehead atoms. The highest BCUT2D eigenvalue weighted by Crippen LogP contribution is 2.13. The van der Waals surface area contributed by atoms with Crippen molar-refractivity contribution in [3.05, 3.63) is 65.5 Å². The zero-order valence-corrected chi connectivity index (χ0v) is 17.2. The quantitative estimate of drug-likeness (QED) is 0.607. The van der Waals surface area contributed by atoms with Gasteiger partial charge in [0.1, 0.15) is 5.82 Å². The Morgan fingerprint density at radius 1 is 0.966 bits per heavy atom. The minimum Gasteiger partial charge on any atom is -0.348 e. The van der Waals surface area contributed by atoms with Gasteiger partial charge in [0.15, 0.2) is 0 Å². The lowest BCUT2D eigenvalue weighted by Gasteiger charge is -2.15. The van der Waals surface area contributed by atoms with E-state index in [1.807, 2.05) is 0 Å². The van der Waals surface area contributed by atoms with Gasteiger partial charge in [0.05, 0.1) is 17.5 Å². The minimum atomic E-state index is -3.64. The third-order valence-corrected chi connectivity index (χ3v) is 5.65. The molecule has 2 amide bonds. The van der Waals surface area contributed by atoms with Crippen molar-refractivity contribution < 1.29 is 22.4 Å². The molecule has 0 aliphatic rings. The van der Waals surface area contributed by atoms with Crippen molar-refractivity contribution in [3.8, 4) is 0 Å². The summed E-state index contributed by atoms with van der Waals surface area (Å²) in [6, 6.07) is 10.6. The number of carbonyl (C=O) groups is 2. The number of carbonyl (C=O) groups excluding carboxylic acids is 2. The van der Waals surface area contributed by atoms with E-state index in [1.54, 1.807) is 32.9 Å². The molecule has 0 aliphatic carbocycles. The molecular weight excluding hydrogens is 397 g/mol. The zero-order chi connectivity index (χ0) is 21.6. The summed E-state index contributed by atoms with van der Waals surface area (Å²) >= 11 is 0. The SMILES string of the molecule is CC(C)NS(=O)(=O)c1ccc(C(=O)NCC(=O)N[C@H](C)c2ccc(F)cc2)cc1. The molecule has 156 valence electrons. The molecule has 0 heterocycles. The largest absolute Gasteiger partial charge is 0.348 e. The molecule has 7 nitrogen and oxygen atoms in total. The van der Waals surface area contributed by atoms with Crippen molar-refractivity contribution in [1.29, 1.82) is 0 Å². The first kappa shape index (κ1) is 22.5. The molecule has 2 aromatic rings. The van der Waals surface area contributed by atoms with Crippen LogP contribution in [0.15, 0.2) is 53.4 Å². The smallest absolute Gasteiger partial charge is 0.251 e. The molecular formula is C20H24FN3O4S. The van der Waals surface area contributed by atoms with Crippen LogP contribution in [0, 0.1) is 5.82 Å². The van der Waals surface area contributed by atoms with E-state index in [-0.39, 0.29) is 34.9 Å². The fourth-order valence-corrected chi connectivity index (χ4v) is 3.80. The summed E-state index contributed by atoms with van der Waals surface area (Å²) < 4.78 is 39.6. The van der Waals surface area contributed by atoms with Crippen molar-refractivity contribution in [1.82, 2.24) is 15.4 Å². The zero-order valence-electron chi connectivity index (χ0n) is 16.4. The summed E-state index contributed by atoms with van der Waals surface area (Å²) in [7, 11) is -3.64. The molecule has 0 fully saturated rings. The van der Waals surface area contributed by atoms with Crippen LogP contribution in [0.25, 0.3) is 0 Å². The predicted molar refractivity (Wildman–Crippen MR) is 107 cm³/mol. The van der Waals surface area contributed by atoms with Gasteiger partial charge in [-0.3, -0.25) is 9.59 Å². The van der Waals surface area contributed by atoms with Crippen molar-refractivity contribution in [2.75, 3.05) is 6.54 Å². The molecule has 0 aliphatic heterocycles. The first-order valence-electron chi connectivity index (χ1n) is 9.04. The second-order valence-electron chi connectivity index (χ2n) is 6.82. The molecule has 3 N–H and O–H groups in total. The molecule has 29 heavy (non-hydrogen) atoms. The van der Waals surface area contributed by atoms with Crippen LogP contribution in [0.1, 0.15) is 42.7 Å². The number of halogens is 1. The van der Waals surface area contributed by atoms with E-state index in [9.17, 15) is 22.4 Å². The third-order valence-electron chi connectivity index (χ3n) is 3.97. The van der Waals surface area contributed by atoms with Crippen LogP contribution in [0.2, 0.25) is 0 Å². The number of hydrogen-bond donors (Lipinski definition) is 3. The van der Waals surface area contributed by atoms with Crippen LogP contribution in [-0.2, 0) is 14.8 Å². The maximum absolute atomic E-state index is 13.0. The predicted octanol–water partition coefficient (Wildman–Crippen LogP) is 2.12. The van der Waals surface area contributed by atoms with Gasteiger partial charge in [0.2, 0.25) is 15.9 Å². The molecule has 9 heteroatoms. The van der Waals surface area contributed by atoms with Gasteiger partial charge in [-0.15, -0.1) is 0 Å². The Morgan fingerprint density at radius 2 is 1.55 bits per heavy atom. The Labute approximate surface area is 169 Å². The Bertz CT molecular complexity index is 958. The summed E-state index contributed by atoms with van der Waals surface area (Å²) in [5.41, 5.74) is 0.964. The van der Waals surface area contributed by atoms with Crippen molar-refractivity contribution in [2.24, 2.45) is 0 Å². The van der Waals surface area contributed by atoms with Crippen LogP contribution < -0.4 is 15.4 Å². The Kier molecular flexibility index (Phi) is 7.46. The number of hydrogen-bond acceptors (Lipinski definition) is 4. The minimum absolute atomic E-state index is 0.0496. The van der Waals surface area contributed by atoms with Gasteiger partial charge in [0, 0.05) is 11.6 Å². The van der Waals surface area contributed by atoms with Crippen molar-refractivity contribution in [3.63, 3.8) is 0 Å². The number of benzene rings is 2. The van der Waals surface area contributed by atoms with Gasteiger partial charge in [-0.25, -0.2) is 17.5 Å². The van der Waals surface area contributed by atoms with E-state index < -0.39 is 21.8 Å². The molecule has 0 aromatic heterocycles. The lowest BCUT2D eigenvalue weighted by molar-refractivity contribution is -0.120. The van der Waals surface area contributed by atoms with E-state index in [0.717, 1.165) is 5.56 Å². The van der Waals surface area contributed by atoms with Crippen LogP contribution in [0.4, 0.5) is 4.39 Å². The second-order valence-corrected chi connectivity index (χ2v) is 8.54. The van der Waals surface area contributed by atoms with Gasteiger partial charge in [-0.05, 0) is 62.7 Å². The molecule has 0 unspecified atom stereocenters. The number of rotatable bonds is 8. The first-order chi connectivity index (χ1) is 13.6. The van der Waals surface area contributed by atoms with Gasteiger partial charge in [-0.1, -0.05) is 12.1 Å². The van der Waals surface area contributed by atoms with Crippen LogP contribution in [0.5, 0.6) is 0 Å². The lowest BCUT2D eigenvalue weighted by Crippen LogP contribution is -2.38. The fourth-order valence-electron chi connectivity index (χ4n) is 2.55. The second kappa shape index (κ2) is 9.62. The van der Waals surface area contributed by atoms with Gasteiger partial charge < -0.3 is 10.6 Å². The highest BCUT2D eigenvalue weighted by atomic mass is 32.2. The maximum Gasteiger partial charge on any atom is 0.251 e. The highest BCUT2D eigenvalue weighted by molar-refractivity contribution is 7.89. The molecule has 2 aromatic carbocycles. The average molecular weight is 421 g/mol. The van der Waals surface area contributed by atoms with E-state index in [1.165, 1.54) is 36.4 Å². The molecule has 0 saturated heterocycles. The third kappa shape index (κ3) is 6.65. The lowest BCUT2D eigenvalue weighted by atomic mass is 10.1. The summed E-state index contributed by atoms with van der Waals surface area (Å²) in [6.45, 7) is 4.92. The average Bonchev–Trinajstić information content (AvgIpc) is 2.65. The van der Waals surface area contributed by atoms with Crippen molar-refractivity contribution in [2.45, 2.75) is 37.8 Å². The van der Waals surface area contributed by atoms with Gasteiger partial charge >= 0.3 is 0 Å². The topological polar surface area (TPSA) is 104 Å². The summed E-state index contributed by atoms with van der Waals surface area (Å²) in [6.07, 6.45) is 0. The standard InChI is InChI=1S/C20H24FN3O4S/c1-13(2)24-29(27,28)18-10-6-16(7-11-18)20(26)22-12-19(25)23-14(3)15-4-8-17(21)9-5-15/h4-11,13-14,24H,12H2,1-3H3,(H,22,26)(H,23,25)/t14-/m1/s1. The maximum atomic E-state index is 13.0. The Morgan fingerprint density at radius 3 is 2.10 bits per heavy atom. The van der Waals surface area contributed by atoms with Gasteiger partial charge in [0.25, 0.3) is 5.91 Å². The van der Waals surface area contributed by atoms with E-state index >= 15 is 0 Å². The van der Waals surface area contributed by atoms with E-state index in [4.69, 9.17) is 0 Å². The monoisotopic (exact) mass is 421 g/mol. The van der Waals surface area contributed by atoms with Crippen LogP contribution in [-0.4, -0.2) is 32.8 Å².